The first-order valence-electron chi connectivity index (χ1n) is 11.6. The molecule has 0 aromatic heterocycles. The van der Waals surface area contributed by atoms with E-state index in [2.05, 4.69) is 35.6 Å². The van der Waals surface area contributed by atoms with Gasteiger partial charge in [0.2, 0.25) is 0 Å². The summed E-state index contributed by atoms with van der Waals surface area (Å²) in [6, 6.07) is 11.3. The van der Waals surface area contributed by atoms with Gasteiger partial charge in [-0.3, -0.25) is 0 Å². The average molecular weight is 447 g/mol. The quantitative estimate of drug-likeness (QED) is 0.321. The van der Waals surface area contributed by atoms with Crippen LogP contribution < -0.4 is 4.74 Å². The zero-order valence-electron chi connectivity index (χ0n) is 18.3. The van der Waals surface area contributed by atoms with Crippen molar-refractivity contribution < 1.29 is 22.3 Å². The molecule has 32 heavy (non-hydrogen) atoms. The molecule has 0 aliphatic heterocycles. The van der Waals surface area contributed by atoms with Crippen LogP contribution in [0.15, 0.2) is 49.1 Å². The smallest absolute Gasteiger partial charge is 0.403 e. The van der Waals surface area contributed by atoms with Crippen molar-refractivity contribution in [3.63, 3.8) is 0 Å². The van der Waals surface area contributed by atoms with Crippen LogP contribution in [-0.4, -0.2) is 6.36 Å². The van der Waals surface area contributed by atoms with E-state index in [1.54, 1.807) is 0 Å². The maximum absolute atomic E-state index is 14.2. The van der Waals surface area contributed by atoms with Gasteiger partial charge in [-0.25, -0.2) is 4.39 Å². The van der Waals surface area contributed by atoms with Crippen LogP contribution >= 0.6 is 0 Å². The lowest BCUT2D eigenvalue weighted by molar-refractivity contribution is -0.275. The van der Waals surface area contributed by atoms with Crippen LogP contribution in [0.1, 0.15) is 79.0 Å². The van der Waals surface area contributed by atoms with Crippen LogP contribution in [0.4, 0.5) is 17.6 Å². The Balaban J connectivity index is 1.39. The Morgan fingerprint density at radius 1 is 0.906 bits per heavy atom. The molecule has 1 nitrogen and oxygen atoms in total. The van der Waals surface area contributed by atoms with Crippen LogP contribution in [0.25, 0.3) is 0 Å². The number of benzene rings is 2. The van der Waals surface area contributed by atoms with Crippen molar-refractivity contribution in [3.05, 3.63) is 77.1 Å². The molecule has 0 saturated heterocycles. The van der Waals surface area contributed by atoms with Gasteiger partial charge in [-0.05, 0) is 110 Å². The van der Waals surface area contributed by atoms with E-state index in [0.29, 0.717) is 18.8 Å². The fourth-order valence-corrected chi connectivity index (χ4v) is 5.42. The second-order valence-electron chi connectivity index (χ2n) is 9.29. The van der Waals surface area contributed by atoms with Gasteiger partial charge in [0.25, 0.3) is 0 Å². The molecule has 0 radical (unpaired) electrons. The molecule has 2 aromatic rings. The Hall–Kier alpha value is -2.30. The predicted molar refractivity (Wildman–Crippen MR) is 118 cm³/mol. The Kier molecular flexibility index (Phi) is 6.92. The van der Waals surface area contributed by atoms with Crippen LogP contribution in [0.2, 0.25) is 0 Å². The third-order valence-corrected chi connectivity index (χ3v) is 7.21. The number of hydrogen-bond acceptors (Lipinski definition) is 1. The Labute approximate surface area is 187 Å². The van der Waals surface area contributed by atoms with E-state index in [-0.39, 0.29) is 5.92 Å². The van der Waals surface area contributed by atoms with Crippen molar-refractivity contribution in [2.75, 3.05) is 0 Å². The van der Waals surface area contributed by atoms with Gasteiger partial charge in [-0.15, -0.1) is 19.8 Å². The minimum atomic E-state index is -4.89. The summed E-state index contributed by atoms with van der Waals surface area (Å²) in [6.07, 6.45) is 6.60. The van der Waals surface area contributed by atoms with Gasteiger partial charge in [-0.1, -0.05) is 30.3 Å². The lowest BCUT2D eigenvalue weighted by Crippen LogP contribution is -2.19. The Bertz CT molecular complexity index is 924. The lowest BCUT2D eigenvalue weighted by Gasteiger charge is -2.29. The molecule has 2 aliphatic rings. The molecule has 2 aliphatic carbocycles. The molecule has 1 atom stereocenters. The molecule has 0 heterocycles. The molecule has 1 saturated carbocycles. The Morgan fingerprint density at radius 2 is 1.56 bits per heavy atom. The van der Waals surface area contributed by atoms with E-state index in [9.17, 15) is 17.6 Å². The summed E-state index contributed by atoms with van der Waals surface area (Å²) in [4.78, 5) is 0. The molecule has 4 rings (SSSR count). The number of halogens is 4. The van der Waals surface area contributed by atoms with E-state index >= 15 is 0 Å². The van der Waals surface area contributed by atoms with Crippen LogP contribution in [0.3, 0.4) is 0 Å². The van der Waals surface area contributed by atoms with Gasteiger partial charge >= 0.3 is 6.36 Å². The van der Waals surface area contributed by atoms with E-state index in [0.717, 1.165) is 29.9 Å². The van der Waals surface area contributed by atoms with Crippen LogP contribution in [-0.2, 0) is 12.8 Å². The van der Waals surface area contributed by atoms with Crippen molar-refractivity contribution in [1.29, 1.82) is 0 Å². The molecule has 1 unspecified atom stereocenters. The maximum Gasteiger partial charge on any atom is 0.573 e. The topological polar surface area (TPSA) is 9.23 Å². The SMILES string of the molecule is C=CCCC1CCC(c2ccc(C3CCc4cc(OC(F)(F)F)c(F)cc4C3)cc2)CC1. The first kappa shape index (κ1) is 22.9. The number of alkyl halides is 3. The van der Waals surface area contributed by atoms with Crippen molar-refractivity contribution in [2.45, 2.75) is 76.0 Å². The number of ether oxygens (including phenoxy) is 1. The highest BCUT2D eigenvalue weighted by molar-refractivity contribution is 5.41. The van der Waals surface area contributed by atoms with E-state index in [1.807, 2.05) is 6.08 Å². The van der Waals surface area contributed by atoms with Crippen LogP contribution in [0.5, 0.6) is 5.75 Å². The normalized spacial score (nSPS) is 23.4. The van der Waals surface area contributed by atoms with Crippen LogP contribution in [0, 0.1) is 11.7 Å². The van der Waals surface area contributed by atoms with Gasteiger partial charge in [0.15, 0.2) is 11.6 Å². The molecule has 0 N–H and O–H groups in total. The fourth-order valence-electron chi connectivity index (χ4n) is 5.42. The fraction of sp³-hybridized carbons (Fsp3) is 0.481. The molecule has 2 aromatic carbocycles. The molecule has 1 fully saturated rings. The monoisotopic (exact) mass is 446 g/mol. The van der Waals surface area contributed by atoms with E-state index in [4.69, 9.17) is 0 Å². The van der Waals surface area contributed by atoms with Crippen molar-refractivity contribution >= 4 is 0 Å². The summed E-state index contributed by atoms with van der Waals surface area (Å²) >= 11 is 0. The molecule has 0 bridgehead atoms. The minimum absolute atomic E-state index is 0.250. The van der Waals surface area contributed by atoms with Gasteiger partial charge in [0.1, 0.15) is 0 Å². The molecule has 172 valence electrons. The molecular weight excluding hydrogens is 416 g/mol. The highest BCUT2D eigenvalue weighted by Gasteiger charge is 2.33. The maximum atomic E-state index is 14.2. The van der Waals surface area contributed by atoms with Gasteiger partial charge < -0.3 is 4.74 Å². The molecule has 5 heteroatoms. The number of hydrogen-bond donors (Lipinski definition) is 0. The summed E-state index contributed by atoms with van der Waals surface area (Å²) in [5.41, 5.74) is 4.13. The third-order valence-electron chi connectivity index (χ3n) is 7.21. The Morgan fingerprint density at radius 3 is 2.19 bits per heavy atom. The standard InChI is InChI=1S/C27H30F4O/c1-2-3-4-18-5-7-19(8-6-18)20-9-11-21(12-10-20)22-13-14-23-17-26(32-27(29,30)31)25(28)16-24(23)15-22/h2,9-12,16-19,22H,1,3-8,13-15H2. The number of allylic oxidation sites excluding steroid dienone is 1. The largest absolute Gasteiger partial charge is 0.573 e. The molecule has 0 amide bonds. The first-order chi connectivity index (χ1) is 15.3. The highest BCUT2D eigenvalue weighted by atomic mass is 19.4. The summed E-state index contributed by atoms with van der Waals surface area (Å²) in [7, 11) is 0. The van der Waals surface area contributed by atoms with Gasteiger partial charge in [0.05, 0.1) is 0 Å². The first-order valence-corrected chi connectivity index (χ1v) is 11.6. The number of fused-ring (bicyclic) bond motifs is 1. The highest BCUT2D eigenvalue weighted by Crippen LogP contribution is 2.40. The van der Waals surface area contributed by atoms with E-state index < -0.39 is 17.9 Å². The number of aryl methyl sites for hydroxylation is 1. The molecular formula is C27H30F4O. The minimum Gasteiger partial charge on any atom is -0.403 e. The lowest BCUT2D eigenvalue weighted by atomic mass is 9.76. The third kappa shape index (κ3) is 5.54. The number of rotatable bonds is 6. The zero-order chi connectivity index (χ0) is 22.7. The second kappa shape index (κ2) is 9.68. The zero-order valence-corrected chi connectivity index (χ0v) is 18.3. The van der Waals surface area contributed by atoms with Gasteiger partial charge in [-0.2, -0.15) is 0 Å². The predicted octanol–water partition coefficient (Wildman–Crippen LogP) is 8.24. The summed E-state index contributed by atoms with van der Waals surface area (Å²) in [6.45, 7) is 3.82. The van der Waals surface area contributed by atoms with Crippen molar-refractivity contribution in [2.24, 2.45) is 5.92 Å². The van der Waals surface area contributed by atoms with Crippen molar-refractivity contribution in [3.8, 4) is 5.75 Å². The average Bonchev–Trinajstić information content (AvgIpc) is 2.77. The summed E-state index contributed by atoms with van der Waals surface area (Å²) < 4.78 is 55.4. The molecule has 0 spiro atoms. The van der Waals surface area contributed by atoms with Gasteiger partial charge in [0, 0.05) is 0 Å². The van der Waals surface area contributed by atoms with Crippen molar-refractivity contribution in [1.82, 2.24) is 0 Å². The van der Waals surface area contributed by atoms with E-state index in [1.165, 1.54) is 55.4 Å². The second-order valence-corrected chi connectivity index (χ2v) is 9.29. The summed E-state index contributed by atoms with van der Waals surface area (Å²) in [5.74, 6) is 0.00421. The summed E-state index contributed by atoms with van der Waals surface area (Å²) in [5, 5.41) is 0.